The molecule has 0 aliphatic carbocycles. The van der Waals surface area contributed by atoms with Gasteiger partial charge in [-0.15, -0.1) is 11.4 Å². The second-order valence-corrected chi connectivity index (χ2v) is 3.09. The van der Waals surface area contributed by atoms with Crippen LogP contribution in [0.1, 0.15) is 0 Å². The molecule has 0 spiro atoms. The van der Waals surface area contributed by atoms with Crippen LogP contribution >= 0.6 is 11.3 Å². The van der Waals surface area contributed by atoms with Crippen molar-refractivity contribution in [2.45, 2.75) is 0 Å². The quantitative estimate of drug-likeness (QED) is 0.694. The van der Waals surface area contributed by atoms with Crippen molar-refractivity contribution in [2.75, 3.05) is 0 Å². The van der Waals surface area contributed by atoms with E-state index in [0.29, 0.717) is 0 Å². The number of rotatable bonds is 1. The summed E-state index contributed by atoms with van der Waals surface area (Å²) in [7, 11) is 0. The minimum Gasteiger partial charge on any atom is -0.290 e. The summed E-state index contributed by atoms with van der Waals surface area (Å²) >= 11 is 1.69. The summed E-state index contributed by atoms with van der Waals surface area (Å²) in [4.78, 5) is 1.16. The van der Waals surface area contributed by atoms with Crippen LogP contribution in [0.4, 0.5) is 0 Å². The van der Waals surface area contributed by atoms with Crippen LogP contribution in [0.3, 0.4) is 0 Å². The van der Waals surface area contributed by atoms with Crippen LogP contribution in [0.2, 0.25) is 0 Å². The standard InChI is InChI=1S/C10H6S.Ir/c1-2-5-9(6-3-1)10-7-4-8-11-10;/h1-5,8H;/q-2;. The molecule has 0 N–H and O–H groups in total. The molecule has 0 bridgehead atoms. The van der Waals surface area contributed by atoms with Crippen LogP contribution in [-0.4, -0.2) is 0 Å². The zero-order valence-corrected chi connectivity index (χ0v) is 9.42. The van der Waals surface area contributed by atoms with Gasteiger partial charge in [0, 0.05) is 20.1 Å². The molecule has 0 nitrogen and oxygen atoms in total. The summed E-state index contributed by atoms with van der Waals surface area (Å²) in [5.74, 6) is 0. The van der Waals surface area contributed by atoms with Crippen LogP contribution in [0.15, 0.2) is 35.7 Å². The Bertz CT molecular complexity index is 313. The third kappa shape index (κ3) is 2.04. The first kappa shape index (κ1) is 9.66. The van der Waals surface area contributed by atoms with Crippen molar-refractivity contribution in [2.24, 2.45) is 0 Å². The first-order chi connectivity index (χ1) is 5.47. The Labute approximate surface area is 89.6 Å². The Hall–Kier alpha value is -0.431. The third-order valence-corrected chi connectivity index (χ3v) is 2.27. The third-order valence-electron chi connectivity index (χ3n) is 1.42. The Balaban J connectivity index is 0.000000720. The van der Waals surface area contributed by atoms with Gasteiger partial charge in [0.05, 0.1) is 0 Å². The fraction of sp³-hybridized carbons (Fsp3) is 0. The van der Waals surface area contributed by atoms with Crippen LogP contribution < -0.4 is 0 Å². The molecular weight excluding hydrogens is 344 g/mol. The molecule has 1 aromatic carbocycles. The Morgan fingerprint density at radius 3 is 2.58 bits per heavy atom. The summed E-state index contributed by atoms with van der Waals surface area (Å²) in [6, 6.07) is 16.2. The van der Waals surface area contributed by atoms with Gasteiger partial charge >= 0.3 is 0 Å². The number of benzene rings is 1. The van der Waals surface area contributed by atoms with Crippen LogP contribution in [0.25, 0.3) is 10.4 Å². The summed E-state index contributed by atoms with van der Waals surface area (Å²) in [5, 5.41) is 2.02. The van der Waals surface area contributed by atoms with E-state index in [-0.39, 0.29) is 20.1 Å². The summed E-state index contributed by atoms with van der Waals surface area (Å²) < 4.78 is 0. The molecule has 2 aromatic rings. The summed E-state index contributed by atoms with van der Waals surface area (Å²) in [6.07, 6.45) is 0. The van der Waals surface area contributed by atoms with Gasteiger partial charge in [0.15, 0.2) is 0 Å². The number of thiophene rings is 1. The summed E-state index contributed by atoms with van der Waals surface area (Å²) in [6.45, 7) is 0. The van der Waals surface area contributed by atoms with Crippen LogP contribution in [0, 0.1) is 12.1 Å². The van der Waals surface area contributed by atoms with Gasteiger partial charge in [-0.1, -0.05) is 0 Å². The molecule has 0 fully saturated rings. The zero-order chi connectivity index (χ0) is 7.52. The molecule has 0 unspecified atom stereocenters. The smallest absolute Gasteiger partial charge is 0 e. The molecule has 1 heterocycles. The SMILES string of the molecule is [Ir].[c-]1ccccc1-c1[c-]ccs1. The monoisotopic (exact) mass is 351 g/mol. The fourth-order valence-electron chi connectivity index (χ4n) is 0.922. The second kappa shape index (κ2) is 4.56. The maximum atomic E-state index is 3.15. The van der Waals surface area contributed by atoms with E-state index in [1.54, 1.807) is 11.3 Å². The topological polar surface area (TPSA) is 0 Å². The van der Waals surface area contributed by atoms with E-state index in [0.717, 1.165) is 10.4 Å². The largest absolute Gasteiger partial charge is 0.290 e. The first-order valence-corrected chi connectivity index (χ1v) is 4.27. The van der Waals surface area contributed by atoms with Gasteiger partial charge in [0.2, 0.25) is 0 Å². The number of hydrogen-bond acceptors (Lipinski definition) is 1. The average molecular weight is 350 g/mol. The predicted octanol–water partition coefficient (Wildman–Crippen LogP) is 3.01. The maximum Gasteiger partial charge on any atom is 0 e. The van der Waals surface area contributed by atoms with Crippen molar-refractivity contribution in [3.8, 4) is 10.4 Å². The molecule has 1 aromatic heterocycles. The molecule has 0 aliphatic rings. The van der Waals surface area contributed by atoms with Gasteiger partial charge < -0.3 is 0 Å². The van der Waals surface area contributed by atoms with Crippen molar-refractivity contribution in [1.82, 2.24) is 0 Å². The van der Waals surface area contributed by atoms with E-state index in [9.17, 15) is 0 Å². The molecule has 1 radical (unpaired) electrons. The molecule has 0 amide bonds. The Morgan fingerprint density at radius 1 is 1.08 bits per heavy atom. The van der Waals surface area contributed by atoms with Gasteiger partial charge in [-0.05, 0) is 0 Å². The van der Waals surface area contributed by atoms with E-state index in [1.807, 2.05) is 35.7 Å². The zero-order valence-electron chi connectivity index (χ0n) is 6.21. The molecule has 0 saturated heterocycles. The van der Waals surface area contributed by atoms with Crippen molar-refractivity contribution < 1.29 is 20.1 Å². The van der Waals surface area contributed by atoms with Gasteiger partial charge in [-0.3, -0.25) is 11.3 Å². The summed E-state index contributed by atoms with van der Waals surface area (Å²) in [5.41, 5.74) is 1.13. The molecule has 0 atom stereocenters. The Morgan fingerprint density at radius 2 is 2.00 bits per heavy atom. The van der Waals surface area contributed by atoms with Gasteiger partial charge in [-0.25, -0.2) is 17.7 Å². The predicted molar refractivity (Wildman–Crippen MR) is 47.4 cm³/mol. The molecular formula is C10H6IrS-2. The normalized spacial score (nSPS) is 9.00. The van der Waals surface area contributed by atoms with Crippen molar-refractivity contribution >= 4 is 11.3 Å². The molecule has 63 valence electrons. The van der Waals surface area contributed by atoms with E-state index in [2.05, 4.69) is 12.1 Å². The van der Waals surface area contributed by atoms with Gasteiger partial charge in [0.1, 0.15) is 0 Å². The maximum absolute atomic E-state index is 3.15. The Kier molecular flexibility index (Phi) is 3.67. The van der Waals surface area contributed by atoms with E-state index >= 15 is 0 Å². The van der Waals surface area contributed by atoms with Gasteiger partial charge in [0.25, 0.3) is 0 Å². The van der Waals surface area contributed by atoms with E-state index in [4.69, 9.17) is 0 Å². The van der Waals surface area contributed by atoms with Crippen LogP contribution in [0.5, 0.6) is 0 Å². The molecule has 2 heteroatoms. The molecule has 0 saturated carbocycles. The van der Waals surface area contributed by atoms with Crippen molar-refractivity contribution in [3.05, 3.63) is 47.8 Å². The minimum absolute atomic E-state index is 0. The van der Waals surface area contributed by atoms with Crippen molar-refractivity contribution in [1.29, 1.82) is 0 Å². The number of hydrogen-bond donors (Lipinski definition) is 0. The van der Waals surface area contributed by atoms with Crippen LogP contribution in [-0.2, 0) is 20.1 Å². The minimum atomic E-state index is 0. The average Bonchev–Trinajstić information content (AvgIpc) is 2.58. The molecule has 2 rings (SSSR count). The first-order valence-electron chi connectivity index (χ1n) is 3.39. The fourth-order valence-corrected chi connectivity index (χ4v) is 1.58. The van der Waals surface area contributed by atoms with E-state index in [1.165, 1.54) is 0 Å². The van der Waals surface area contributed by atoms with Crippen molar-refractivity contribution in [3.63, 3.8) is 0 Å². The van der Waals surface area contributed by atoms with E-state index < -0.39 is 0 Å². The molecule has 0 aliphatic heterocycles. The van der Waals surface area contributed by atoms with Gasteiger partial charge in [-0.2, -0.15) is 29.1 Å². The molecule has 12 heavy (non-hydrogen) atoms. The second-order valence-electron chi connectivity index (χ2n) is 2.17.